The summed E-state index contributed by atoms with van der Waals surface area (Å²) >= 11 is 0. The van der Waals surface area contributed by atoms with Gasteiger partial charge >= 0.3 is 18.4 Å². The highest BCUT2D eigenvalue weighted by molar-refractivity contribution is 5.79. The van der Waals surface area contributed by atoms with Crippen LogP contribution in [0.4, 0.5) is 31.1 Å². The molecule has 1 fully saturated rings. The first-order chi connectivity index (χ1) is 17.8. The van der Waals surface area contributed by atoms with Crippen molar-refractivity contribution in [2.45, 2.75) is 44.1 Å². The van der Waals surface area contributed by atoms with Crippen molar-refractivity contribution in [3.05, 3.63) is 70.8 Å². The lowest BCUT2D eigenvalue weighted by Crippen LogP contribution is -2.42. The van der Waals surface area contributed by atoms with E-state index in [1.165, 1.54) is 4.90 Å². The second-order valence-corrected chi connectivity index (χ2v) is 9.16. The molecule has 6 nitrogen and oxygen atoms in total. The van der Waals surface area contributed by atoms with Gasteiger partial charge in [-0.2, -0.15) is 26.3 Å². The number of carbonyl (C=O) groups is 2. The average molecular weight is 547 g/mol. The number of piperidine rings is 1. The van der Waals surface area contributed by atoms with E-state index in [-0.39, 0.29) is 55.6 Å². The third-order valence-corrected chi connectivity index (χ3v) is 6.43. The molecule has 0 aromatic heterocycles. The maximum absolute atomic E-state index is 13.1. The summed E-state index contributed by atoms with van der Waals surface area (Å²) in [6.45, 7) is 0.376. The summed E-state index contributed by atoms with van der Waals surface area (Å²) in [5.74, 6) is -0.773. The Kier molecular flexibility index (Phi) is 9.64. The number of hydrogen-bond donors (Lipinski definition) is 2. The van der Waals surface area contributed by atoms with Crippen molar-refractivity contribution in [1.82, 2.24) is 10.2 Å². The monoisotopic (exact) mass is 546 g/mol. The van der Waals surface area contributed by atoms with Crippen LogP contribution in [-0.2, 0) is 28.5 Å². The molecule has 12 heteroatoms. The summed E-state index contributed by atoms with van der Waals surface area (Å²) in [6.07, 6.45) is -9.65. The largest absolute Gasteiger partial charge is 0.465 e. The summed E-state index contributed by atoms with van der Waals surface area (Å²) in [5, 5.41) is 11.9. The van der Waals surface area contributed by atoms with Gasteiger partial charge in [0.25, 0.3) is 0 Å². The number of benzene rings is 2. The molecule has 2 amide bonds. The van der Waals surface area contributed by atoms with Crippen LogP contribution in [0.3, 0.4) is 0 Å². The van der Waals surface area contributed by atoms with Crippen molar-refractivity contribution in [1.29, 1.82) is 0 Å². The molecule has 2 aromatic rings. The van der Waals surface area contributed by atoms with Crippen LogP contribution >= 0.6 is 0 Å². The predicted octanol–water partition coefficient (Wildman–Crippen LogP) is 5.92. The number of rotatable bonds is 9. The minimum Gasteiger partial charge on any atom is -0.465 e. The highest BCUT2D eigenvalue weighted by Crippen LogP contribution is 2.36. The molecule has 0 aliphatic carbocycles. The van der Waals surface area contributed by atoms with E-state index in [0.29, 0.717) is 31.4 Å². The summed E-state index contributed by atoms with van der Waals surface area (Å²) < 4.78 is 84.4. The van der Waals surface area contributed by atoms with Crippen LogP contribution in [-0.4, -0.2) is 48.2 Å². The molecule has 1 atom stereocenters. The Bertz CT molecular complexity index is 1050. The van der Waals surface area contributed by atoms with Crippen molar-refractivity contribution in [3.8, 4) is 0 Å². The Morgan fingerprint density at radius 2 is 1.55 bits per heavy atom. The number of hydrogen-bond acceptors (Lipinski definition) is 3. The van der Waals surface area contributed by atoms with E-state index in [0.717, 1.165) is 5.56 Å². The molecular weight excluding hydrogens is 518 g/mol. The highest BCUT2D eigenvalue weighted by atomic mass is 19.4. The molecule has 1 unspecified atom stereocenters. The van der Waals surface area contributed by atoms with Crippen LogP contribution in [0.15, 0.2) is 48.5 Å². The van der Waals surface area contributed by atoms with Gasteiger partial charge in [0.1, 0.15) is 0 Å². The minimum absolute atomic E-state index is 0.00841. The second kappa shape index (κ2) is 12.5. The fourth-order valence-electron chi connectivity index (χ4n) is 4.34. The van der Waals surface area contributed by atoms with Crippen LogP contribution in [0, 0.1) is 5.92 Å². The molecule has 2 aromatic carbocycles. The lowest BCUT2D eigenvalue weighted by Gasteiger charge is -2.29. The number of likely N-dealkylation sites (tertiary alicyclic amines) is 1. The van der Waals surface area contributed by atoms with E-state index in [9.17, 15) is 35.9 Å². The van der Waals surface area contributed by atoms with E-state index >= 15 is 0 Å². The molecule has 0 saturated carbocycles. The molecule has 1 aliphatic heterocycles. The van der Waals surface area contributed by atoms with E-state index in [4.69, 9.17) is 9.84 Å². The van der Waals surface area contributed by atoms with Crippen LogP contribution in [0.5, 0.6) is 0 Å². The molecule has 1 aliphatic rings. The number of alkyl halides is 6. The zero-order chi connectivity index (χ0) is 27.9. The maximum Gasteiger partial charge on any atom is 0.416 e. The van der Waals surface area contributed by atoms with E-state index in [2.05, 4.69) is 5.32 Å². The number of carboxylic acid groups (broad SMARTS) is 1. The number of ether oxygens (including phenoxy) is 1. The third-order valence-electron chi connectivity index (χ3n) is 6.43. The third kappa shape index (κ3) is 8.37. The Balaban J connectivity index is 1.60. The van der Waals surface area contributed by atoms with Gasteiger partial charge in [-0.1, -0.05) is 30.3 Å². The first kappa shape index (κ1) is 29.3. The number of halogens is 6. The summed E-state index contributed by atoms with van der Waals surface area (Å²) in [4.78, 5) is 24.8. The number of carbonyl (C=O) groups excluding carboxylic acids is 1. The zero-order valence-electron chi connectivity index (χ0n) is 20.3. The van der Waals surface area contributed by atoms with E-state index < -0.39 is 36.2 Å². The molecule has 208 valence electrons. The normalized spacial score (nSPS) is 15.8. The van der Waals surface area contributed by atoms with Gasteiger partial charge in [0.2, 0.25) is 5.91 Å². The summed E-state index contributed by atoms with van der Waals surface area (Å²) in [7, 11) is 0. The van der Waals surface area contributed by atoms with Crippen molar-refractivity contribution < 1.29 is 45.8 Å². The van der Waals surface area contributed by atoms with Crippen LogP contribution in [0.1, 0.15) is 47.4 Å². The molecule has 1 heterocycles. The first-order valence-electron chi connectivity index (χ1n) is 12.0. The molecule has 0 spiro atoms. The minimum atomic E-state index is -4.94. The van der Waals surface area contributed by atoms with Crippen molar-refractivity contribution in [2.24, 2.45) is 5.92 Å². The molecule has 38 heavy (non-hydrogen) atoms. The Morgan fingerprint density at radius 1 is 0.974 bits per heavy atom. The topological polar surface area (TPSA) is 78.9 Å². The SMILES string of the molecule is O=C(NCCC(COCc1cc(C(F)(F)F)cc(C(F)(F)F)c1)c1ccccc1)C1CCN(C(=O)O)CC1. The summed E-state index contributed by atoms with van der Waals surface area (Å²) in [6, 6.07) is 10.4. The molecule has 2 N–H and O–H groups in total. The van der Waals surface area contributed by atoms with Gasteiger partial charge in [0.05, 0.1) is 24.3 Å². The van der Waals surface area contributed by atoms with Crippen LogP contribution in [0.2, 0.25) is 0 Å². The fourth-order valence-corrected chi connectivity index (χ4v) is 4.34. The second-order valence-electron chi connectivity index (χ2n) is 9.16. The predicted molar refractivity (Wildman–Crippen MR) is 125 cm³/mol. The van der Waals surface area contributed by atoms with Crippen molar-refractivity contribution in [2.75, 3.05) is 26.2 Å². The molecule has 1 saturated heterocycles. The summed E-state index contributed by atoms with van der Waals surface area (Å²) in [5.41, 5.74) is -2.21. The molecule has 3 rings (SSSR count). The van der Waals surface area contributed by atoms with Crippen LogP contribution in [0.25, 0.3) is 0 Å². The average Bonchev–Trinajstić information content (AvgIpc) is 2.87. The van der Waals surface area contributed by atoms with Gasteiger partial charge in [0.15, 0.2) is 0 Å². The maximum atomic E-state index is 13.1. The molecular formula is C26H28F6N2O4. The van der Waals surface area contributed by atoms with Gasteiger partial charge in [-0.05, 0) is 48.6 Å². The Labute approximate surface area is 215 Å². The van der Waals surface area contributed by atoms with Gasteiger partial charge in [-0.25, -0.2) is 4.79 Å². The van der Waals surface area contributed by atoms with Gasteiger partial charge in [-0.3, -0.25) is 4.79 Å². The van der Waals surface area contributed by atoms with E-state index in [1.807, 2.05) is 12.1 Å². The van der Waals surface area contributed by atoms with Crippen molar-refractivity contribution >= 4 is 12.0 Å². The van der Waals surface area contributed by atoms with Crippen molar-refractivity contribution in [3.63, 3.8) is 0 Å². The first-order valence-corrected chi connectivity index (χ1v) is 12.0. The Morgan fingerprint density at radius 3 is 2.08 bits per heavy atom. The zero-order valence-corrected chi connectivity index (χ0v) is 20.3. The molecule has 0 bridgehead atoms. The van der Waals surface area contributed by atoms with Gasteiger partial charge in [0, 0.05) is 31.5 Å². The number of amides is 2. The van der Waals surface area contributed by atoms with Gasteiger partial charge < -0.3 is 20.1 Å². The standard InChI is InChI=1S/C26H28F6N2O4/c27-25(28,29)21-12-17(13-22(14-21)26(30,31)32)15-38-16-20(18-4-2-1-3-5-18)6-9-33-23(35)19-7-10-34(11-8-19)24(36)37/h1-5,12-14,19-20H,6-11,15-16H2,(H,33,35)(H,36,37). The number of nitrogens with one attached hydrogen (secondary N) is 1. The Hall–Kier alpha value is -3.28. The number of nitrogens with zero attached hydrogens (tertiary/aromatic N) is 1. The smallest absolute Gasteiger partial charge is 0.416 e. The lowest BCUT2D eigenvalue weighted by atomic mass is 9.95. The lowest BCUT2D eigenvalue weighted by molar-refractivity contribution is -0.143. The highest BCUT2D eigenvalue weighted by Gasteiger charge is 2.37. The van der Waals surface area contributed by atoms with Crippen LogP contribution < -0.4 is 5.32 Å². The fraction of sp³-hybridized carbons (Fsp3) is 0.462. The quantitative estimate of drug-likeness (QED) is 0.383. The van der Waals surface area contributed by atoms with E-state index in [1.54, 1.807) is 18.2 Å². The van der Waals surface area contributed by atoms with Gasteiger partial charge in [-0.15, -0.1) is 0 Å². The molecule has 0 radical (unpaired) electrons.